The molecule has 0 saturated heterocycles. The Morgan fingerprint density at radius 1 is 1.47 bits per heavy atom. The van der Waals surface area contributed by atoms with Crippen LogP contribution in [0.1, 0.15) is 53.4 Å². The molecule has 15 heavy (non-hydrogen) atoms. The van der Waals surface area contributed by atoms with Crippen molar-refractivity contribution >= 4 is 0 Å². The van der Waals surface area contributed by atoms with Crippen LogP contribution in [0, 0.1) is 10.8 Å². The highest BCUT2D eigenvalue weighted by Crippen LogP contribution is 2.37. The fourth-order valence-electron chi connectivity index (χ4n) is 2.34. The van der Waals surface area contributed by atoms with Gasteiger partial charge in [-0.05, 0) is 43.1 Å². The highest BCUT2D eigenvalue weighted by atomic mass is 14.9. The van der Waals surface area contributed by atoms with Crippen molar-refractivity contribution in [2.75, 3.05) is 13.1 Å². The summed E-state index contributed by atoms with van der Waals surface area (Å²) < 4.78 is 0. The Balaban J connectivity index is 2.32. The number of hydrogen-bond acceptors (Lipinski definition) is 2. The van der Waals surface area contributed by atoms with Crippen molar-refractivity contribution in [2.45, 2.75) is 59.4 Å². The minimum atomic E-state index is 0.284. The Morgan fingerprint density at radius 2 is 2.13 bits per heavy atom. The van der Waals surface area contributed by atoms with Crippen LogP contribution in [0.2, 0.25) is 0 Å². The smallest absolute Gasteiger partial charge is 0.00725 e. The first-order valence-corrected chi connectivity index (χ1v) is 6.34. The van der Waals surface area contributed by atoms with Gasteiger partial charge in [-0.2, -0.15) is 0 Å². The molecule has 0 heterocycles. The van der Waals surface area contributed by atoms with Gasteiger partial charge in [-0.1, -0.05) is 27.7 Å². The first-order valence-electron chi connectivity index (χ1n) is 6.34. The first-order chi connectivity index (χ1) is 6.91. The summed E-state index contributed by atoms with van der Waals surface area (Å²) >= 11 is 0. The number of nitrogens with two attached hydrogens (primary N) is 1. The lowest BCUT2D eigenvalue weighted by Gasteiger charge is -2.29. The highest BCUT2D eigenvalue weighted by Gasteiger charge is 2.31. The van der Waals surface area contributed by atoms with Crippen LogP contribution in [0.15, 0.2) is 0 Å². The van der Waals surface area contributed by atoms with E-state index in [0.29, 0.717) is 5.41 Å². The quantitative estimate of drug-likeness (QED) is 0.735. The zero-order valence-electron chi connectivity index (χ0n) is 10.9. The molecule has 1 saturated carbocycles. The second-order valence-corrected chi connectivity index (χ2v) is 6.35. The topological polar surface area (TPSA) is 38.0 Å². The van der Waals surface area contributed by atoms with Gasteiger partial charge >= 0.3 is 0 Å². The maximum Gasteiger partial charge on any atom is 0.00725 e. The van der Waals surface area contributed by atoms with Crippen LogP contribution >= 0.6 is 0 Å². The van der Waals surface area contributed by atoms with Crippen molar-refractivity contribution in [3.63, 3.8) is 0 Å². The monoisotopic (exact) mass is 212 g/mol. The van der Waals surface area contributed by atoms with Gasteiger partial charge in [0.15, 0.2) is 0 Å². The lowest BCUT2D eigenvalue weighted by molar-refractivity contribution is 0.280. The fourth-order valence-corrected chi connectivity index (χ4v) is 2.34. The maximum absolute atomic E-state index is 5.82. The standard InChI is InChI=1S/C13H28N2/c1-5-13(4,9-14)10-15-11-6-7-12(2,3)8-11/h11,15H,5-10,14H2,1-4H3. The molecular formula is C13H28N2. The van der Waals surface area contributed by atoms with Crippen LogP contribution in [-0.4, -0.2) is 19.1 Å². The molecular weight excluding hydrogens is 184 g/mol. The van der Waals surface area contributed by atoms with Gasteiger partial charge in [0.2, 0.25) is 0 Å². The lowest BCUT2D eigenvalue weighted by Crippen LogP contribution is -2.41. The average molecular weight is 212 g/mol. The molecule has 2 nitrogen and oxygen atoms in total. The third-order valence-corrected chi connectivity index (χ3v) is 4.13. The number of nitrogens with one attached hydrogen (secondary N) is 1. The Kier molecular flexibility index (Phi) is 4.19. The molecule has 3 N–H and O–H groups in total. The predicted molar refractivity (Wildman–Crippen MR) is 66.9 cm³/mol. The second kappa shape index (κ2) is 4.84. The van der Waals surface area contributed by atoms with E-state index in [0.717, 1.165) is 25.6 Å². The van der Waals surface area contributed by atoms with E-state index in [-0.39, 0.29) is 5.41 Å². The Hall–Kier alpha value is -0.0800. The van der Waals surface area contributed by atoms with Crippen molar-refractivity contribution in [1.82, 2.24) is 5.32 Å². The van der Waals surface area contributed by atoms with Gasteiger partial charge in [-0.3, -0.25) is 0 Å². The summed E-state index contributed by atoms with van der Waals surface area (Å²) in [6.07, 6.45) is 5.16. The molecule has 1 aliphatic rings. The third kappa shape index (κ3) is 3.76. The molecule has 0 aromatic heterocycles. The molecule has 0 aromatic rings. The van der Waals surface area contributed by atoms with E-state index in [2.05, 4.69) is 33.0 Å². The number of rotatable bonds is 5. The Morgan fingerprint density at radius 3 is 2.53 bits per heavy atom. The normalized spacial score (nSPS) is 29.0. The summed E-state index contributed by atoms with van der Waals surface area (Å²) in [6.45, 7) is 11.1. The SMILES string of the molecule is CCC(C)(CN)CNC1CCC(C)(C)C1. The van der Waals surface area contributed by atoms with Gasteiger partial charge in [0, 0.05) is 12.6 Å². The summed E-state index contributed by atoms with van der Waals surface area (Å²) in [5, 5.41) is 3.70. The summed E-state index contributed by atoms with van der Waals surface area (Å²) in [5.41, 5.74) is 6.64. The second-order valence-electron chi connectivity index (χ2n) is 6.35. The number of hydrogen-bond donors (Lipinski definition) is 2. The van der Waals surface area contributed by atoms with E-state index in [1.807, 2.05) is 0 Å². The molecule has 0 spiro atoms. The summed E-state index contributed by atoms with van der Waals surface area (Å²) in [5.74, 6) is 0. The predicted octanol–water partition coefficient (Wildman–Crippen LogP) is 2.53. The van der Waals surface area contributed by atoms with Gasteiger partial charge in [0.1, 0.15) is 0 Å². The Labute approximate surface area is 95.0 Å². The minimum Gasteiger partial charge on any atom is -0.330 e. The van der Waals surface area contributed by atoms with Crippen LogP contribution < -0.4 is 11.1 Å². The minimum absolute atomic E-state index is 0.284. The van der Waals surface area contributed by atoms with Crippen LogP contribution in [0.5, 0.6) is 0 Å². The van der Waals surface area contributed by atoms with E-state index in [4.69, 9.17) is 5.73 Å². The highest BCUT2D eigenvalue weighted by molar-refractivity contribution is 4.88. The zero-order valence-corrected chi connectivity index (χ0v) is 10.9. The van der Waals surface area contributed by atoms with Gasteiger partial charge in [0.25, 0.3) is 0 Å². The molecule has 1 aliphatic carbocycles. The van der Waals surface area contributed by atoms with Gasteiger partial charge in [-0.15, -0.1) is 0 Å². The van der Waals surface area contributed by atoms with E-state index >= 15 is 0 Å². The van der Waals surface area contributed by atoms with Crippen molar-refractivity contribution in [2.24, 2.45) is 16.6 Å². The molecule has 0 aromatic carbocycles. The average Bonchev–Trinajstić information content (AvgIpc) is 2.55. The van der Waals surface area contributed by atoms with Gasteiger partial charge < -0.3 is 11.1 Å². The summed E-state index contributed by atoms with van der Waals surface area (Å²) in [4.78, 5) is 0. The van der Waals surface area contributed by atoms with Gasteiger partial charge in [-0.25, -0.2) is 0 Å². The van der Waals surface area contributed by atoms with Crippen LogP contribution in [0.4, 0.5) is 0 Å². The maximum atomic E-state index is 5.82. The molecule has 0 radical (unpaired) electrons. The molecule has 90 valence electrons. The first kappa shape index (κ1) is 13.0. The van der Waals surface area contributed by atoms with E-state index in [9.17, 15) is 0 Å². The van der Waals surface area contributed by atoms with Crippen molar-refractivity contribution in [3.8, 4) is 0 Å². The largest absolute Gasteiger partial charge is 0.330 e. The molecule has 0 aliphatic heterocycles. The summed E-state index contributed by atoms with van der Waals surface area (Å²) in [6, 6.07) is 0.720. The van der Waals surface area contributed by atoms with Gasteiger partial charge in [0.05, 0.1) is 0 Å². The van der Waals surface area contributed by atoms with Crippen LogP contribution in [-0.2, 0) is 0 Å². The van der Waals surface area contributed by atoms with Crippen molar-refractivity contribution < 1.29 is 0 Å². The van der Waals surface area contributed by atoms with E-state index in [1.165, 1.54) is 19.3 Å². The zero-order chi connectivity index (χ0) is 11.5. The molecule has 1 fully saturated rings. The third-order valence-electron chi connectivity index (χ3n) is 4.13. The molecule has 1 rings (SSSR count). The Bertz CT molecular complexity index is 195. The van der Waals surface area contributed by atoms with E-state index < -0.39 is 0 Å². The lowest BCUT2D eigenvalue weighted by atomic mass is 9.87. The molecule has 2 heteroatoms. The van der Waals surface area contributed by atoms with Crippen LogP contribution in [0.3, 0.4) is 0 Å². The summed E-state index contributed by atoms with van der Waals surface area (Å²) in [7, 11) is 0. The molecule has 2 atom stereocenters. The molecule has 0 bridgehead atoms. The van der Waals surface area contributed by atoms with Crippen LogP contribution in [0.25, 0.3) is 0 Å². The van der Waals surface area contributed by atoms with Crippen molar-refractivity contribution in [3.05, 3.63) is 0 Å². The molecule has 0 amide bonds. The van der Waals surface area contributed by atoms with Crippen molar-refractivity contribution in [1.29, 1.82) is 0 Å². The fraction of sp³-hybridized carbons (Fsp3) is 1.00. The molecule has 2 unspecified atom stereocenters. The van der Waals surface area contributed by atoms with E-state index in [1.54, 1.807) is 0 Å².